The molecule has 2 heterocycles. The van der Waals surface area contributed by atoms with Crippen molar-refractivity contribution in [1.82, 2.24) is 20.1 Å². The number of aryl methyl sites for hydroxylation is 2. The molecular formula is C15H22N4. The van der Waals surface area contributed by atoms with Crippen LogP contribution >= 0.6 is 0 Å². The summed E-state index contributed by atoms with van der Waals surface area (Å²) < 4.78 is 1.99. The largest absolute Gasteiger partial charge is 0.316 e. The molecule has 0 aliphatic rings. The van der Waals surface area contributed by atoms with E-state index in [0.717, 1.165) is 30.7 Å². The standard InChI is InChI=1S/C15H22N4/c1-4-12-10-15(19(3)18-12)11-14(16-2)9-13-7-5-6-8-17-13/h5-8,10,14,16H,4,9,11H2,1-3H3. The zero-order valence-electron chi connectivity index (χ0n) is 11.9. The molecule has 19 heavy (non-hydrogen) atoms. The number of likely N-dealkylation sites (N-methyl/N-ethyl adjacent to an activating group) is 1. The number of rotatable bonds is 6. The van der Waals surface area contributed by atoms with Crippen molar-refractivity contribution in [1.29, 1.82) is 0 Å². The molecule has 0 aromatic carbocycles. The van der Waals surface area contributed by atoms with Gasteiger partial charge in [-0.05, 0) is 31.7 Å². The van der Waals surface area contributed by atoms with Crippen LogP contribution in [0.5, 0.6) is 0 Å². The first-order chi connectivity index (χ1) is 9.22. The molecular weight excluding hydrogens is 236 g/mol. The second-order valence-corrected chi connectivity index (χ2v) is 4.82. The minimum absolute atomic E-state index is 0.384. The van der Waals surface area contributed by atoms with Crippen LogP contribution in [0.4, 0.5) is 0 Å². The third-order valence-electron chi connectivity index (χ3n) is 3.44. The Hall–Kier alpha value is -1.68. The van der Waals surface area contributed by atoms with E-state index in [1.54, 1.807) is 0 Å². The SMILES string of the molecule is CCc1cc(CC(Cc2ccccn2)NC)n(C)n1. The zero-order valence-corrected chi connectivity index (χ0v) is 11.9. The van der Waals surface area contributed by atoms with Crippen molar-refractivity contribution in [2.75, 3.05) is 7.05 Å². The highest BCUT2D eigenvalue weighted by atomic mass is 15.3. The Morgan fingerprint density at radius 1 is 1.26 bits per heavy atom. The van der Waals surface area contributed by atoms with Crippen molar-refractivity contribution < 1.29 is 0 Å². The lowest BCUT2D eigenvalue weighted by Crippen LogP contribution is -2.31. The molecule has 2 aromatic rings. The van der Waals surface area contributed by atoms with E-state index in [2.05, 4.69) is 34.5 Å². The topological polar surface area (TPSA) is 42.7 Å². The van der Waals surface area contributed by atoms with Gasteiger partial charge in [0.1, 0.15) is 0 Å². The maximum Gasteiger partial charge on any atom is 0.0624 e. The van der Waals surface area contributed by atoms with E-state index in [0.29, 0.717) is 6.04 Å². The van der Waals surface area contributed by atoms with Crippen LogP contribution in [0, 0.1) is 0 Å². The highest BCUT2D eigenvalue weighted by molar-refractivity contribution is 5.13. The normalized spacial score (nSPS) is 12.6. The van der Waals surface area contributed by atoms with Gasteiger partial charge in [-0.3, -0.25) is 9.67 Å². The van der Waals surface area contributed by atoms with E-state index >= 15 is 0 Å². The van der Waals surface area contributed by atoms with Crippen molar-refractivity contribution in [3.05, 3.63) is 47.5 Å². The summed E-state index contributed by atoms with van der Waals surface area (Å²) in [7, 11) is 4.02. The molecule has 102 valence electrons. The van der Waals surface area contributed by atoms with Gasteiger partial charge in [-0.2, -0.15) is 5.10 Å². The molecule has 4 nitrogen and oxygen atoms in total. The van der Waals surface area contributed by atoms with Crippen LogP contribution in [0.1, 0.15) is 24.0 Å². The maximum absolute atomic E-state index is 4.50. The van der Waals surface area contributed by atoms with Gasteiger partial charge < -0.3 is 5.32 Å². The first-order valence-corrected chi connectivity index (χ1v) is 6.82. The van der Waals surface area contributed by atoms with Crippen LogP contribution in [0.15, 0.2) is 30.5 Å². The number of nitrogens with one attached hydrogen (secondary N) is 1. The smallest absolute Gasteiger partial charge is 0.0624 e. The summed E-state index contributed by atoms with van der Waals surface area (Å²) in [6.07, 6.45) is 4.74. The number of hydrogen-bond donors (Lipinski definition) is 1. The van der Waals surface area contributed by atoms with Gasteiger partial charge in [-0.15, -0.1) is 0 Å². The molecule has 0 bridgehead atoms. The summed E-state index contributed by atoms with van der Waals surface area (Å²) in [5, 5.41) is 7.87. The van der Waals surface area contributed by atoms with Crippen molar-refractivity contribution in [2.45, 2.75) is 32.2 Å². The molecule has 1 atom stereocenters. The Balaban J connectivity index is 2.04. The fourth-order valence-electron chi connectivity index (χ4n) is 2.24. The predicted octanol–water partition coefficient (Wildman–Crippen LogP) is 1.75. The fraction of sp³-hybridized carbons (Fsp3) is 0.467. The summed E-state index contributed by atoms with van der Waals surface area (Å²) in [5.74, 6) is 0. The van der Waals surface area contributed by atoms with Crippen molar-refractivity contribution in [3.8, 4) is 0 Å². The van der Waals surface area contributed by atoms with Gasteiger partial charge in [0.15, 0.2) is 0 Å². The Morgan fingerprint density at radius 2 is 2.11 bits per heavy atom. The molecule has 0 fully saturated rings. The van der Waals surface area contributed by atoms with Crippen LogP contribution in [-0.2, 0) is 26.3 Å². The molecule has 0 radical (unpaired) electrons. The lowest BCUT2D eigenvalue weighted by molar-refractivity contribution is 0.528. The van der Waals surface area contributed by atoms with Gasteiger partial charge in [0, 0.05) is 43.5 Å². The molecule has 4 heteroatoms. The van der Waals surface area contributed by atoms with E-state index in [-0.39, 0.29) is 0 Å². The summed E-state index contributed by atoms with van der Waals surface area (Å²) in [5.41, 5.74) is 3.55. The van der Waals surface area contributed by atoms with Crippen LogP contribution < -0.4 is 5.32 Å². The third kappa shape index (κ3) is 3.64. The molecule has 1 N–H and O–H groups in total. The average Bonchev–Trinajstić information content (AvgIpc) is 2.80. The highest BCUT2D eigenvalue weighted by Crippen LogP contribution is 2.09. The monoisotopic (exact) mass is 258 g/mol. The first kappa shape index (κ1) is 13.7. The number of pyridine rings is 1. The maximum atomic E-state index is 4.50. The molecule has 0 aliphatic carbocycles. The van der Waals surface area contributed by atoms with Crippen LogP contribution in [0.25, 0.3) is 0 Å². The fourth-order valence-corrected chi connectivity index (χ4v) is 2.24. The van der Waals surface area contributed by atoms with Gasteiger partial charge >= 0.3 is 0 Å². The third-order valence-corrected chi connectivity index (χ3v) is 3.44. The molecule has 0 saturated heterocycles. The highest BCUT2D eigenvalue weighted by Gasteiger charge is 2.12. The number of aromatic nitrogens is 3. The van der Waals surface area contributed by atoms with Gasteiger partial charge in [-0.1, -0.05) is 13.0 Å². The minimum Gasteiger partial charge on any atom is -0.316 e. The second-order valence-electron chi connectivity index (χ2n) is 4.82. The minimum atomic E-state index is 0.384. The van der Waals surface area contributed by atoms with E-state index < -0.39 is 0 Å². The first-order valence-electron chi connectivity index (χ1n) is 6.82. The molecule has 2 rings (SSSR count). The van der Waals surface area contributed by atoms with Gasteiger partial charge in [0.2, 0.25) is 0 Å². The summed E-state index contributed by atoms with van der Waals surface area (Å²) in [6, 6.07) is 8.64. The molecule has 0 amide bonds. The lowest BCUT2D eigenvalue weighted by Gasteiger charge is -2.15. The lowest BCUT2D eigenvalue weighted by atomic mass is 10.1. The Morgan fingerprint density at radius 3 is 2.68 bits per heavy atom. The number of hydrogen-bond acceptors (Lipinski definition) is 3. The summed E-state index contributed by atoms with van der Waals surface area (Å²) in [6.45, 7) is 2.13. The summed E-state index contributed by atoms with van der Waals surface area (Å²) >= 11 is 0. The quantitative estimate of drug-likeness (QED) is 0.858. The predicted molar refractivity (Wildman–Crippen MR) is 77.1 cm³/mol. The van der Waals surface area contributed by atoms with E-state index in [4.69, 9.17) is 0 Å². The van der Waals surface area contributed by atoms with Crippen LogP contribution in [0.2, 0.25) is 0 Å². The number of nitrogens with zero attached hydrogens (tertiary/aromatic N) is 3. The van der Waals surface area contributed by atoms with Gasteiger partial charge in [0.05, 0.1) is 5.69 Å². The molecule has 0 aliphatic heterocycles. The average molecular weight is 258 g/mol. The molecule has 0 spiro atoms. The van der Waals surface area contributed by atoms with E-state index in [9.17, 15) is 0 Å². The van der Waals surface area contributed by atoms with Gasteiger partial charge in [0.25, 0.3) is 0 Å². The van der Waals surface area contributed by atoms with Crippen molar-refractivity contribution in [3.63, 3.8) is 0 Å². The molecule has 2 aromatic heterocycles. The van der Waals surface area contributed by atoms with Crippen molar-refractivity contribution in [2.24, 2.45) is 7.05 Å². The van der Waals surface area contributed by atoms with Crippen LogP contribution in [0.3, 0.4) is 0 Å². The second kappa shape index (κ2) is 6.48. The molecule has 1 unspecified atom stereocenters. The van der Waals surface area contributed by atoms with Gasteiger partial charge in [-0.25, -0.2) is 0 Å². The van der Waals surface area contributed by atoms with E-state index in [1.807, 2.05) is 37.1 Å². The van der Waals surface area contributed by atoms with Crippen LogP contribution in [-0.4, -0.2) is 27.9 Å². The zero-order chi connectivity index (χ0) is 13.7. The Bertz CT molecular complexity index is 504. The Kier molecular flexibility index (Phi) is 4.68. The Labute approximate surface area is 114 Å². The van der Waals surface area contributed by atoms with E-state index in [1.165, 1.54) is 5.69 Å². The summed E-state index contributed by atoms with van der Waals surface area (Å²) in [4.78, 5) is 4.39. The van der Waals surface area contributed by atoms with Crippen molar-refractivity contribution >= 4 is 0 Å². The molecule has 0 saturated carbocycles.